The zero-order valence-corrected chi connectivity index (χ0v) is 10.6. The van der Waals surface area contributed by atoms with E-state index in [1.54, 1.807) is 0 Å². The molecule has 17 heavy (non-hydrogen) atoms. The summed E-state index contributed by atoms with van der Waals surface area (Å²) >= 11 is 0. The lowest BCUT2D eigenvalue weighted by Gasteiger charge is -2.10. The highest BCUT2D eigenvalue weighted by Crippen LogP contribution is 2.18. The first-order valence-corrected chi connectivity index (χ1v) is 6.76. The molecule has 0 saturated heterocycles. The minimum absolute atomic E-state index is 0.154. The van der Waals surface area contributed by atoms with Crippen molar-refractivity contribution in [2.24, 2.45) is 10.1 Å². The van der Waals surface area contributed by atoms with Crippen molar-refractivity contribution in [2.75, 3.05) is 0 Å². The smallest absolute Gasteiger partial charge is 0.102 e. The zero-order chi connectivity index (χ0) is 12.1. The Labute approximate surface area is 105 Å². The molecule has 0 aromatic heterocycles. The van der Waals surface area contributed by atoms with Crippen molar-refractivity contribution >= 4 is 10.7 Å². The van der Waals surface area contributed by atoms with Crippen LogP contribution in [-0.4, -0.2) is 6.17 Å². The number of nitrogens with zero attached hydrogens (tertiary/aromatic N) is 1. The molecule has 0 aliphatic rings. The maximum atomic E-state index is 5.81. The van der Waals surface area contributed by atoms with E-state index in [9.17, 15) is 0 Å². The third kappa shape index (κ3) is 3.25. The largest absolute Gasteiger partial charge is 0.309 e. The Bertz CT molecular complexity index is 451. The van der Waals surface area contributed by atoms with E-state index in [1.807, 2.05) is 43.3 Å². The molecule has 2 aromatic rings. The number of rotatable bonds is 3. The summed E-state index contributed by atoms with van der Waals surface area (Å²) in [4.78, 5) is 2.41. The van der Waals surface area contributed by atoms with Gasteiger partial charge in [-0.2, -0.15) is 0 Å². The van der Waals surface area contributed by atoms with Gasteiger partial charge in [-0.05, 0) is 41.9 Å². The van der Waals surface area contributed by atoms with Gasteiger partial charge in [0.1, 0.15) is 6.17 Å². The third-order valence-corrected chi connectivity index (χ3v) is 4.19. The molecule has 0 amide bonds. The van der Waals surface area contributed by atoms with Crippen LogP contribution in [0.25, 0.3) is 0 Å². The summed E-state index contributed by atoms with van der Waals surface area (Å²) in [5.74, 6) is 0. The van der Waals surface area contributed by atoms with Crippen LogP contribution in [0.1, 0.15) is 6.92 Å². The molecule has 2 N–H and O–H groups in total. The van der Waals surface area contributed by atoms with Crippen LogP contribution in [0, 0.1) is 0 Å². The molecule has 0 spiro atoms. The predicted octanol–water partition coefficient (Wildman–Crippen LogP) is 3.21. The van der Waals surface area contributed by atoms with Crippen LogP contribution in [0.5, 0.6) is 0 Å². The summed E-state index contributed by atoms with van der Waals surface area (Å²) in [6.07, 6.45) is -0.154. The number of hydrogen-bond donors (Lipinski definition) is 1. The van der Waals surface area contributed by atoms with Crippen molar-refractivity contribution in [1.82, 2.24) is 0 Å². The van der Waals surface area contributed by atoms with Gasteiger partial charge in [-0.15, -0.1) is 0 Å². The maximum absolute atomic E-state index is 5.81. The summed E-state index contributed by atoms with van der Waals surface area (Å²) in [6, 6.07) is 20.6. The lowest BCUT2D eigenvalue weighted by molar-refractivity contribution is 0.803. The first kappa shape index (κ1) is 12.0. The van der Waals surface area contributed by atoms with Gasteiger partial charge in [0.2, 0.25) is 0 Å². The molecule has 2 rings (SSSR count). The molecular formula is C14H16N2S. The van der Waals surface area contributed by atoms with Gasteiger partial charge >= 0.3 is 0 Å². The van der Waals surface area contributed by atoms with Gasteiger partial charge in [0.05, 0.1) is 0 Å². The molecule has 2 nitrogen and oxygen atoms in total. The fourth-order valence-corrected chi connectivity index (χ4v) is 3.20. The molecule has 0 aliphatic heterocycles. The first-order valence-electron chi connectivity index (χ1n) is 5.58. The Morgan fingerprint density at radius 1 is 0.882 bits per heavy atom. The lowest BCUT2D eigenvalue weighted by atomic mass is 10.4. The number of hydrogen-bond acceptors (Lipinski definition) is 2. The molecule has 0 fully saturated rings. The van der Waals surface area contributed by atoms with Gasteiger partial charge in [-0.25, -0.2) is 4.36 Å². The molecule has 0 aliphatic carbocycles. The molecule has 0 heterocycles. The van der Waals surface area contributed by atoms with Crippen molar-refractivity contribution in [3.05, 3.63) is 60.7 Å². The Morgan fingerprint density at radius 2 is 1.29 bits per heavy atom. The standard InChI is InChI=1S/C14H16N2S/c1-12(15)16-17(13-8-4-2-5-9-13)14-10-6-3-7-11-14/h2-12H,15H2,1H3. The summed E-state index contributed by atoms with van der Waals surface area (Å²) in [6.45, 7) is 1.91. The molecule has 1 unspecified atom stereocenters. The van der Waals surface area contributed by atoms with Crippen LogP contribution in [0.15, 0.2) is 74.8 Å². The molecule has 2 aromatic carbocycles. The van der Waals surface area contributed by atoms with Crippen molar-refractivity contribution in [3.63, 3.8) is 0 Å². The zero-order valence-electron chi connectivity index (χ0n) is 9.78. The van der Waals surface area contributed by atoms with Crippen LogP contribution < -0.4 is 5.73 Å². The van der Waals surface area contributed by atoms with Crippen molar-refractivity contribution in [1.29, 1.82) is 0 Å². The maximum Gasteiger partial charge on any atom is 0.102 e. The Balaban J connectivity index is 2.47. The van der Waals surface area contributed by atoms with E-state index in [2.05, 4.69) is 28.6 Å². The Morgan fingerprint density at radius 3 is 1.65 bits per heavy atom. The average molecular weight is 244 g/mol. The first-order chi connectivity index (χ1) is 8.27. The highest BCUT2D eigenvalue weighted by atomic mass is 32.2. The summed E-state index contributed by atoms with van der Waals surface area (Å²) in [5, 5.41) is 0. The average Bonchev–Trinajstić information content (AvgIpc) is 2.38. The van der Waals surface area contributed by atoms with Gasteiger partial charge < -0.3 is 5.73 Å². The SMILES string of the molecule is CC(N)N=S(c1ccccc1)c1ccccc1. The molecule has 0 bridgehead atoms. The minimum Gasteiger partial charge on any atom is -0.309 e. The summed E-state index contributed by atoms with van der Waals surface area (Å²) in [7, 11) is -0.281. The van der Waals surface area contributed by atoms with Gasteiger partial charge in [0.15, 0.2) is 0 Å². The van der Waals surface area contributed by atoms with E-state index in [0.29, 0.717) is 0 Å². The van der Waals surface area contributed by atoms with Crippen molar-refractivity contribution in [3.8, 4) is 0 Å². The predicted molar refractivity (Wildman–Crippen MR) is 72.9 cm³/mol. The van der Waals surface area contributed by atoms with Crippen molar-refractivity contribution < 1.29 is 0 Å². The normalized spacial score (nSPS) is 12.4. The van der Waals surface area contributed by atoms with Crippen LogP contribution in [-0.2, 0) is 10.7 Å². The van der Waals surface area contributed by atoms with Gasteiger partial charge in [0.25, 0.3) is 0 Å². The fourth-order valence-electron chi connectivity index (χ4n) is 1.52. The van der Waals surface area contributed by atoms with E-state index < -0.39 is 0 Å². The van der Waals surface area contributed by atoms with E-state index in [0.717, 1.165) is 0 Å². The van der Waals surface area contributed by atoms with Crippen LogP contribution in [0.4, 0.5) is 0 Å². The second-order valence-electron chi connectivity index (χ2n) is 3.76. The molecule has 0 saturated carbocycles. The molecule has 0 radical (unpaired) electrons. The highest BCUT2D eigenvalue weighted by Gasteiger charge is 2.04. The minimum atomic E-state index is -0.281. The number of benzene rings is 2. The summed E-state index contributed by atoms with van der Waals surface area (Å²) < 4.78 is 4.62. The molecule has 1 atom stereocenters. The van der Waals surface area contributed by atoms with Gasteiger partial charge in [0, 0.05) is 9.79 Å². The quantitative estimate of drug-likeness (QED) is 0.884. The highest BCUT2D eigenvalue weighted by molar-refractivity contribution is 7.87. The third-order valence-electron chi connectivity index (χ3n) is 2.20. The van der Waals surface area contributed by atoms with Gasteiger partial charge in [-0.1, -0.05) is 36.4 Å². The van der Waals surface area contributed by atoms with Crippen LogP contribution in [0.3, 0.4) is 0 Å². The van der Waals surface area contributed by atoms with E-state index in [-0.39, 0.29) is 16.9 Å². The lowest BCUT2D eigenvalue weighted by Crippen LogP contribution is -2.12. The fraction of sp³-hybridized carbons (Fsp3) is 0.143. The topological polar surface area (TPSA) is 38.4 Å². The van der Waals surface area contributed by atoms with Crippen LogP contribution >= 0.6 is 0 Å². The molecule has 3 heteroatoms. The van der Waals surface area contributed by atoms with Crippen molar-refractivity contribution in [2.45, 2.75) is 22.9 Å². The van der Waals surface area contributed by atoms with Gasteiger partial charge in [-0.3, -0.25) is 0 Å². The molecule has 88 valence electrons. The molecular weight excluding hydrogens is 228 g/mol. The van der Waals surface area contributed by atoms with Crippen LogP contribution in [0.2, 0.25) is 0 Å². The van der Waals surface area contributed by atoms with E-state index >= 15 is 0 Å². The second kappa shape index (κ2) is 5.75. The number of nitrogens with two attached hydrogens (primary N) is 1. The van der Waals surface area contributed by atoms with E-state index in [4.69, 9.17) is 5.73 Å². The summed E-state index contributed by atoms with van der Waals surface area (Å²) in [5.41, 5.74) is 5.81. The monoisotopic (exact) mass is 244 g/mol. The Kier molecular flexibility index (Phi) is 4.07. The Hall–Kier alpha value is -1.45. The second-order valence-corrected chi connectivity index (χ2v) is 5.48. The van der Waals surface area contributed by atoms with E-state index in [1.165, 1.54) is 9.79 Å².